The van der Waals surface area contributed by atoms with E-state index in [1.54, 1.807) is 12.1 Å². The molecule has 1 saturated heterocycles. The van der Waals surface area contributed by atoms with E-state index < -0.39 is 0 Å². The fourth-order valence-electron chi connectivity index (χ4n) is 3.09. The van der Waals surface area contributed by atoms with E-state index >= 15 is 0 Å². The minimum Gasteiger partial charge on any atom is -0.438 e. The molecular formula is C21H18BrFN2O3. The third-order valence-corrected chi connectivity index (χ3v) is 5.02. The van der Waals surface area contributed by atoms with Crippen LogP contribution in [0.5, 0.6) is 0 Å². The third kappa shape index (κ3) is 4.31. The molecule has 2 heterocycles. The van der Waals surface area contributed by atoms with Crippen molar-refractivity contribution in [1.29, 1.82) is 0 Å². The molecule has 2 aromatic carbocycles. The summed E-state index contributed by atoms with van der Waals surface area (Å²) in [7, 11) is 0. The van der Waals surface area contributed by atoms with Crippen LogP contribution in [-0.2, 0) is 4.74 Å². The van der Waals surface area contributed by atoms with Gasteiger partial charge in [0.15, 0.2) is 0 Å². The van der Waals surface area contributed by atoms with Gasteiger partial charge in [0.05, 0.1) is 11.8 Å². The molecule has 0 bridgehead atoms. The molecule has 0 aliphatic carbocycles. The van der Waals surface area contributed by atoms with E-state index in [1.165, 1.54) is 24.3 Å². The topological polar surface area (TPSA) is 63.8 Å². The van der Waals surface area contributed by atoms with E-state index in [1.807, 2.05) is 12.1 Å². The predicted molar refractivity (Wildman–Crippen MR) is 107 cm³/mol. The van der Waals surface area contributed by atoms with Crippen LogP contribution in [0.25, 0.3) is 11.0 Å². The summed E-state index contributed by atoms with van der Waals surface area (Å²) >= 11 is 3.43. The summed E-state index contributed by atoms with van der Waals surface area (Å²) < 4.78 is 25.5. The monoisotopic (exact) mass is 444 g/mol. The quantitative estimate of drug-likeness (QED) is 0.645. The molecule has 1 atom stereocenters. The summed E-state index contributed by atoms with van der Waals surface area (Å²) in [5, 5.41) is 3.67. The highest BCUT2D eigenvalue weighted by molar-refractivity contribution is 9.10. The van der Waals surface area contributed by atoms with Crippen LogP contribution in [-0.4, -0.2) is 25.2 Å². The number of halogens is 2. The van der Waals surface area contributed by atoms with Crippen LogP contribution in [0, 0.1) is 5.82 Å². The van der Waals surface area contributed by atoms with Gasteiger partial charge in [0.1, 0.15) is 17.0 Å². The van der Waals surface area contributed by atoms with E-state index in [0.717, 1.165) is 29.3 Å². The van der Waals surface area contributed by atoms with Gasteiger partial charge in [-0.1, -0.05) is 15.9 Å². The molecule has 144 valence electrons. The van der Waals surface area contributed by atoms with Crippen molar-refractivity contribution in [2.24, 2.45) is 4.99 Å². The van der Waals surface area contributed by atoms with Gasteiger partial charge in [-0.25, -0.2) is 9.38 Å². The van der Waals surface area contributed by atoms with Crippen molar-refractivity contribution in [2.45, 2.75) is 18.9 Å². The summed E-state index contributed by atoms with van der Waals surface area (Å²) in [6.45, 7) is 1.16. The second kappa shape index (κ2) is 8.24. The van der Waals surface area contributed by atoms with Gasteiger partial charge >= 0.3 is 0 Å². The lowest BCUT2D eigenvalue weighted by Gasteiger charge is -2.11. The molecule has 1 aromatic heterocycles. The Balaban J connectivity index is 1.74. The molecule has 1 aliphatic heterocycles. The lowest BCUT2D eigenvalue weighted by Crippen LogP contribution is -2.34. The highest BCUT2D eigenvalue weighted by Gasteiger charge is 2.18. The average molecular weight is 445 g/mol. The van der Waals surface area contributed by atoms with Crippen molar-refractivity contribution in [1.82, 2.24) is 5.32 Å². The maximum absolute atomic E-state index is 13.2. The number of nitrogens with one attached hydrogen (secondary N) is 1. The Morgan fingerprint density at radius 3 is 2.79 bits per heavy atom. The fraction of sp³-hybridized carbons (Fsp3) is 0.238. The molecule has 0 spiro atoms. The van der Waals surface area contributed by atoms with Crippen molar-refractivity contribution in [3.8, 4) is 0 Å². The number of carbonyl (C=O) groups excluding carboxylic acids is 1. The van der Waals surface area contributed by atoms with E-state index in [0.29, 0.717) is 23.4 Å². The number of benzene rings is 2. The minimum absolute atomic E-state index is 0.0352. The first-order chi connectivity index (χ1) is 13.6. The van der Waals surface area contributed by atoms with Gasteiger partial charge in [0.2, 0.25) is 5.55 Å². The molecule has 1 fully saturated rings. The van der Waals surface area contributed by atoms with E-state index in [4.69, 9.17) is 9.15 Å². The summed E-state index contributed by atoms with van der Waals surface area (Å²) in [5.74, 6) is -0.643. The number of fused-ring (bicyclic) bond motifs is 1. The molecule has 0 unspecified atom stereocenters. The standard InChI is InChI=1S/C21H18BrFN2O3/c22-14-3-8-19-13(10-14)11-18(20(26)24-12-17-2-1-9-27-17)21(28-19)25-16-6-4-15(23)5-7-16/h3-8,10-11,17H,1-2,9,12H2,(H,24,26)/t17-/m1/s1. The molecule has 1 aliphatic rings. The summed E-state index contributed by atoms with van der Waals surface area (Å²) in [4.78, 5) is 17.3. The van der Waals surface area contributed by atoms with Crippen LogP contribution >= 0.6 is 15.9 Å². The zero-order valence-corrected chi connectivity index (χ0v) is 16.5. The van der Waals surface area contributed by atoms with Crippen LogP contribution < -0.4 is 10.9 Å². The number of hydrogen-bond acceptors (Lipinski definition) is 4. The van der Waals surface area contributed by atoms with Crippen molar-refractivity contribution in [3.63, 3.8) is 0 Å². The average Bonchev–Trinajstić information content (AvgIpc) is 3.21. The number of amides is 1. The number of carbonyl (C=O) groups is 1. The molecule has 0 saturated carbocycles. The zero-order valence-electron chi connectivity index (χ0n) is 15.0. The smallest absolute Gasteiger partial charge is 0.256 e. The lowest BCUT2D eigenvalue weighted by atomic mass is 10.1. The minimum atomic E-state index is -0.353. The SMILES string of the molecule is O=C(NC[C@H]1CCCO1)c1cc2cc(Br)ccc2oc1=Nc1ccc(F)cc1. The summed E-state index contributed by atoms with van der Waals surface area (Å²) in [6.07, 6.45) is 1.97. The van der Waals surface area contributed by atoms with Crippen molar-refractivity contribution in [2.75, 3.05) is 13.2 Å². The van der Waals surface area contributed by atoms with Gasteiger partial charge in [0, 0.05) is 23.0 Å². The molecule has 5 nitrogen and oxygen atoms in total. The van der Waals surface area contributed by atoms with Gasteiger partial charge in [0.25, 0.3) is 5.91 Å². The van der Waals surface area contributed by atoms with Gasteiger partial charge in [-0.3, -0.25) is 4.79 Å². The van der Waals surface area contributed by atoms with Crippen LogP contribution in [0.4, 0.5) is 10.1 Å². The van der Waals surface area contributed by atoms with Crippen LogP contribution in [0.15, 0.2) is 62.4 Å². The Morgan fingerprint density at radius 1 is 1.21 bits per heavy atom. The summed E-state index contributed by atoms with van der Waals surface area (Å²) in [5.41, 5.74) is 1.58. The third-order valence-electron chi connectivity index (χ3n) is 4.52. The van der Waals surface area contributed by atoms with Gasteiger partial charge < -0.3 is 14.5 Å². The first-order valence-electron chi connectivity index (χ1n) is 9.02. The predicted octanol–water partition coefficient (Wildman–Crippen LogP) is 4.48. The maximum Gasteiger partial charge on any atom is 0.256 e. The molecule has 0 radical (unpaired) electrons. The first kappa shape index (κ1) is 18.8. The molecule has 7 heteroatoms. The Labute approximate surface area is 169 Å². The van der Waals surface area contributed by atoms with Gasteiger partial charge in [-0.15, -0.1) is 0 Å². The molecule has 3 aromatic rings. The van der Waals surface area contributed by atoms with Gasteiger partial charge in [-0.05, 0) is 61.4 Å². The summed E-state index contributed by atoms with van der Waals surface area (Å²) in [6, 6.07) is 13.0. The maximum atomic E-state index is 13.2. The van der Waals surface area contributed by atoms with Crippen molar-refractivity contribution < 1.29 is 18.3 Å². The van der Waals surface area contributed by atoms with E-state index in [-0.39, 0.29) is 23.4 Å². The first-order valence-corrected chi connectivity index (χ1v) is 9.81. The Kier molecular flexibility index (Phi) is 5.54. The Bertz CT molecular complexity index is 1070. The van der Waals surface area contributed by atoms with Crippen LogP contribution in [0.3, 0.4) is 0 Å². The molecule has 1 amide bonds. The van der Waals surface area contributed by atoms with Crippen molar-refractivity contribution >= 4 is 38.5 Å². The highest BCUT2D eigenvalue weighted by atomic mass is 79.9. The molecule has 28 heavy (non-hydrogen) atoms. The van der Waals surface area contributed by atoms with Crippen LogP contribution in [0.1, 0.15) is 23.2 Å². The molecule has 4 rings (SSSR count). The second-order valence-electron chi connectivity index (χ2n) is 6.58. The van der Waals surface area contributed by atoms with Crippen molar-refractivity contribution in [3.05, 3.63) is 69.9 Å². The van der Waals surface area contributed by atoms with E-state index in [9.17, 15) is 9.18 Å². The fourth-order valence-corrected chi connectivity index (χ4v) is 3.47. The van der Waals surface area contributed by atoms with E-state index in [2.05, 4.69) is 26.2 Å². The number of rotatable bonds is 4. The molecular weight excluding hydrogens is 427 g/mol. The number of nitrogens with zero attached hydrogens (tertiary/aromatic N) is 1. The zero-order chi connectivity index (χ0) is 19.5. The largest absolute Gasteiger partial charge is 0.438 e. The lowest BCUT2D eigenvalue weighted by molar-refractivity contribution is 0.0854. The Morgan fingerprint density at radius 2 is 2.04 bits per heavy atom. The number of hydrogen-bond donors (Lipinski definition) is 1. The normalized spacial score (nSPS) is 17.2. The second-order valence-corrected chi connectivity index (χ2v) is 7.50. The van der Waals surface area contributed by atoms with Gasteiger partial charge in [-0.2, -0.15) is 0 Å². The van der Waals surface area contributed by atoms with Crippen LogP contribution in [0.2, 0.25) is 0 Å². The number of ether oxygens (including phenoxy) is 1. The Hall–Kier alpha value is -2.51. The molecule has 1 N–H and O–H groups in total. The highest BCUT2D eigenvalue weighted by Crippen LogP contribution is 2.20.